The van der Waals surface area contributed by atoms with Crippen molar-refractivity contribution in [1.82, 2.24) is 34.9 Å². The van der Waals surface area contributed by atoms with E-state index in [-0.39, 0.29) is 35.2 Å². The summed E-state index contributed by atoms with van der Waals surface area (Å²) in [5.41, 5.74) is 2.48. The number of fused-ring (bicyclic) bond motifs is 1. The van der Waals surface area contributed by atoms with E-state index >= 15 is 0 Å². The van der Waals surface area contributed by atoms with Crippen molar-refractivity contribution >= 4 is 11.7 Å². The highest BCUT2D eigenvalue weighted by Gasteiger charge is 2.29. The largest absolute Gasteiger partial charge is 0.490 e. The van der Waals surface area contributed by atoms with Gasteiger partial charge in [0.15, 0.2) is 5.82 Å². The van der Waals surface area contributed by atoms with E-state index in [0.717, 1.165) is 102 Å². The molecule has 3 aromatic rings. The molecule has 2 aromatic heterocycles. The first-order valence-electron chi connectivity index (χ1n) is 18.3. The Labute approximate surface area is 294 Å². The maximum absolute atomic E-state index is 14.3. The Balaban J connectivity index is 1.06. The monoisotopic (exact) mass is 690 g/mol. The van der Waals surface area contributed by atoms with E-state index in [9.17, 15) is 9.18 Å². The van der Waals surface area contributed by atoms with Gasteiger partial charge >= 0.3 is 0 Å². The van der Waals surface area contributed by atoms with Gasteiger partial charge in [0.25, 0.3) is 11.8 Å². The van der Waals surface area contributed by atoms with Crippen LogP contribution in [0.2, 0.25) is 0 Å². The number of ether oxygens (including phenoxy) is 3. The van der Waals surface area contributed by atoms with Gasteiger partial charge in [-0.25, -0.2) is 9.37 Å². The van der Waals surface area contributed by atoms with Gasteiger partial charge in [-0.1, -0.05) is 0 Å². The maximum Gasteiger partial charge on any atom is 0.282 e. The number of amides is 1. The molecule has 0 radical (unpaired) electrons. The zero-order valence-electron chi connectivity index (χ0n) is 29.7. The van der Waals surface area contributed by atoms with Crippen LogP contribution >= 0.6 is 0 Å². The van der Waals surface area contributed by atoms with E-state index in [2.05, 4.69) is 29.9 Å². The summed E-state index contributed by atoms with van der Waals surface area (Å²) in [5.74, 6) is 1.01. The van der Waals surface area contributed by atoms with Crippen molar-refractivity contribution in [2.45, 2.75) is 78.0 Å². The van der Waals surface area contributed by atoms with Crippen LogP contribution < -0.4 is 14.4 Å². The lowest BCUT2D eigenvalue weighted by Crippen LogP contribution is -2.39. The van der Waals surface area contributed by atoms with Crippen LogP contribution in [0.5, 0.6) is 17.4 Å². The van der Waals surface area contributed by atoms with Crippen molar-refractivity contribution in [3.63, 3.8) is 0 Å². The molecule has 6 rings (SSSR count). The van der Waals surface area contributed by atoms with Crippen LogP contribution in [0.3, 0.4) is 0 Å². The van der Waals surface area contributed by atoms with Gasteiger partial charge in [-0.15, -0.1) is 10.2 Å². The van der Waals surface area contributed by atoms with Crippen molar-refractivity contribution < 1.29 is 23.4 Å². The highest BCUT2D eigenvalue weighted by Crippen LogP contribution is 2.34. The summed E-state index contributed by atoms with van der Waals surface area (Å²) in [5, 5.41) is 8.18. The van der Waals surface area contributed by atoms with Crippen LogP contribution in [0.4, 0.5) is 10.2 Å². The van der Waals surface area contributed by atoms with E-state index in [1.54, 1.807) is 4.90 Å². The third-order valence-electron chi connectivity index (χ3n) is 9.83. The number of benzene rings is 1. The molecule has 2 saturated heterocycles. The average Bonchev–Trinajstić information content (AvgIpc) is 3.11. The molecule has 0 N–H and O–H groups in total. The van der Waals surface area contributed by atoms with Crippen LogP contribution in [0, 0.1) is 5.82 Å². The fourth-order valence-electron chi connectivity index (χ4n) is 7.17. The Kier molecular flexibility index (Phi) is 12.4. The van der Waals surface area contributed by atoms with Gasteiger partial charge in [0.05, 0.1) is 5.56 Å². The Morgan fingerprint density at radius 1 is 1.02 bits per heavy atom. The number of piperidine rings is 1. The first-order chi connectivity index (χ1) is 24.4. The summed E-state index contributed by atoms with van der Waals surface area (Å²) in [6.07, 6.45) is 9.19. The molecule has 13 heteroatoms. The molecule has 0 unspecified atom stereocenters. The number of carbonyl (C=O) groups excluding carboxylic acids is 1. The fourth-order valence-corrected chi connectivity index (χ4v) is 7.17. The molecule has 1 amide bonds. The molecule has 270 valence electrons. The van der Waals surface area contributed by atoms with Gasteiger partial charge in [-0.2, -0.15) is 0 Å². The molecule has 2 fully saturated rings. The predicted molar refractivity (Wildman–Crippen MR) is 188 cm³/mol. The number of anilines is 1. The average molecular weight is 691 g/mol. The third-order valence-corrected chi connectivity index (χ3v) is 9.83. The predicted octanol–water partition coefficient (Wildman–Crippen LogP) is 4.98. The standard InChI is InChI=1S/C37H51FN8O4/c1-4-46(27(2)3)37(47)30-24-28(38)8-9-33(30)50-36-35(40-26-41-42-36)45-20-11-29(12-21-45)49-34-10-14-39-32-13-19-44(25-31(32)34)16-5-15-43-17-6-22-48-23-7-18-43/h8-10,14,24,26-27,29H,4-7,11-13,15-23,25H2,1-3H3. The first kappa shape index (κ1) is 35.9. The molecule has 5 heterocycles. The lowest BCUT2D eigenvalue weighted by Gasteiger charge is -2.35. The van der Waals surface area contributed by atoms with Gasteiger partial charge in [-0.3, -0.25) is 14.7 Å². The molecule has 0 spiro atoms. The van der Waals surface area contributed by atoms with Crippen molar-refractivity contribution in [3.8, 4) is 17.4 Å². The minimum absolute atomic E-state index is 0.0424. The Bertz CT molecular complexity index is 1560. The number of pyridine rings is 1. The first-order valence-corrected chi connectivity index (χ1v) is 18.3. The lowest BCUT2D eigenvalue weighted by molar-refractivity contribution is 0.0713. The highest BCUT2D eigenvalue weighted by molar-refractivity contribution is 5.97. The molecule has 50 heavy (non-hydrogen) atoms. The van der Waals surface area contributed by atoms with Crippen molar-refractivity contribution in [2.75, 3.05) is 70.5 Å². The van der Waals surface area contributed by atoms with Gasteiger partial charge in [0.1, 0.15) is 29.7 Å². The van der Waals surface area contributed by atoms with Crippen LogP contribution in [-0.2, 0) is 17.7 Å². The number of hydrogen-bond acceptors (Lipinski definition) is 11. The number of aromatic nitrogens is 4. The Hall–Kier alpha value is -3.94. The number of hydrogen-bond donors (Lipinski definition) is 0. The number of halogens is 1. The second kappa shape index (κ2) is 17.3. The van der Waals surface area contributed by atoms with Gasteiger partial charge < -0.3 is 28.9 Å². The zero-order valence-corrected chi connectivity index (χ0v) is 29.7. The minimum Gasteiger partial charge on any atom is -0.490 e. The fraction of sp³-hybridized carbons (Fsp3) is 0.595. The van der Waals surface area contributed by atoms with E-state index in [4.69, 9.17) is 19.2 Å². The number of nitrogens with zero attached hydrogens (tertiary/aromatic N) is 8. The quantitative estimate of drug-likeness (QED) is 0.257. The SMILES string of the molecule is CCN(C(=O)c1cc(F)ccc1Oc1nncnc1N1CCC(Oc2ccnc3c2CN(CCCN2CCCOCCC2)CC3)CC1)C(C)C. The van der Waals surface area contributed by atoms with E-state index in [0.29, 0.717) is 25.5 Å². The maximum atomic E-state index is 14.3. The van der Waals surface area contributed by atoms with Gasteiger partial charge in [-0.05, 0) is 77.4 Å². The smallest absolute Gasteiger partial charge is 0.282 e. The van der Waals surface area contributed by atoms with Crippen LogP contribution in [0.15, 0.2) is 36.8 Å². The van der Waals surface area contributed by atoms with Crippen molar-refractivity contribution in [3.05, 3.63) is 59.4 Å². The highest BCUT2D eigenvalue weighted by atomic mass is 19.1. The zero-order chi connectivity index (χ0) is 34.9. The van der Waals surface area contributed by atoms with Crippen LogP contribution in [-0.4, -0.2) is 118 Å². The lowest BCUT2D eigenvalue weighted by atomic mass is 10.0. The summed E-state index contributed by atoms with van der Waals surface area (Å²) in [6.45, 7) is 15.7. The molecule has 0 saturated carbocycles. The van der Waals surface area contributed by atoms with Crippen molar-refractivity contribution in [2.24, 2.45) is 0 Å². The van der Waals surface area contributed by atoms with Crippen molar-refractivity contribution in [1.29, 1.82) is 0 Å². The van der Waals surface area contributed by atoms with Crippen LogP contribution in [0.1, 0.15) is 74.5 Å². The van der Waals surface area contributed by atoms with Crippen LogP contribution in [0.25, 0.3) is 0 Å². The van der Waals surface area contributed by atoms with E-state index < -0.39 is 5.82 Å². The molecule has 3 aliphatic rings. The van der Waals surface area contributed by atoms with E-state index in [1.807, 2.05) is 33.0 Å². The normalized spacial score (nSPS) is 18.0. The summed E-state index contributed by atoms with van der Waals surface area (Å²) >= 11 is 0. The molecule has 0 bridgehead atoms. The summed E-state index contributed by atoms with van der Waals surface area (Å²) in [4.78, 5) is 31.5. The van der Waals surface area contributed by atoms with E-state index in [1.165, 1.54) is 30.1 Å². The molecular weight excluding hydrogens is 639 g/mol. The topological polar surface area (TPSA) is 109 Å². The molecular formula is C37H51FN8O4. The molecule has 0 aliphatic carbocycles. The molecule has 0 atom stereocenters. The number of carbonyl (C=O) groups is 1. The molecule has 1 aromatic carbocycles. The Morgan fingerprint density at radius 3 is 2.56 bits per heavy atom. The third kappa shape index (κ3) is 9.04. The molecule has 12 nitrogen and oxygen atoms in total. The second-order valence-corrected chi connectivity index (χ2v) is 13.6. The number of rotatable bonds is 12. The summed E-state index contributed by atoms with van der Waals surface area (Å²) in [6, 6.07) is 5.89. The van der Waals surface area contributed by atoms with Gasteiger partial charge in [0.2, 0.25) is 0 Å². The summed E-state index contributed by atoms with van der Waals surface area (Å²) in [7, 11) is 0. The summed E-state index contributed by atoms with van der Waals surface area (Å²) < 4.78 is 32.8. The Morgan fingerprint density at radius 2 is 1.80 bits per heavy atom. The second-order valence-electron chi connectivity index (χ2n) is 13.6. The molecule has 3 aliphatic heterocycles. The minimum atomic E-state index is -0.516. The van der Waals surface area contributed by atoms with Gasteiger partial charge in [0, 0.05) is 102 Å².